The summed E-state index contributed by atoms with van der Waals surface area (Å²) in [6.45, 7) is 3.13. The van der Waals surface area contributed by atoms with Gasteiger partial charge in [-0.15, -0.1) is 5.92 Å². The predicted octanol–water partition coefficient (Wildman–Crippen LogP) is -1.23. The number of anilines is 1. The molecule has 0 spiro atoms. The van der Waals surface area contributed by atoms with E-state index < -0.39 is 30.1 Å². The molecular weight excluding hydrogens is 300 g/mol. The molecule has 9 heteroatoms. The number of hydrogen-bond acceptors (Lipinski definition) is 8. The Morgan fingerprint density at radius 3 is 2.87 bits per heavy atom. The Hall–Kier alpha value is -2.25. The van der Waals surface area contributed by atoms with Crippen molar-refractivity contribution < 1.29 is 14.9 Å². The van der Waals surface area contributed by atoms with E-state index in [9.17, 15) is 10.2 Å². The molecule has 0 aliphatic carbocycles. The quantitative estimate of drug-likeness (QED) is 0.503. The summed E-state index contributed by atoms with van der Waals surface area (Å²) in [7, 11) is 0. The Kier molecular flexibility index (Phi) is 3.69. The van der Waals surface area contributed by atoms with E-state index in [0.29, 0.717) is 11.2 Å². The summed E-state index contributed by atoms with van der Waals surface area (Å²) in [6.07, 6.45) is -0.927. The topological polar surface area (TPSA) is 145 Å². The number of ether oxygens (including phenoxy) is 1. The Bertz CT molecular complexity index is 795. The van der Waals surface area contributed by atoms with Gasteiger partial charge in [-0.3, -0.25) is 4.57 Å². The first-order chi connectivity index (χ1) is 10.9. The SMILES string of the molecule is CC#C[C@@]1(N)C(O)[C@@H]([C@@H](C)O)O[C@H]1n1cnc2cnc(N)nc21. The molecule has 0 saturated carbocycles. The zero-order chi connectivity index (χ0) is 16.8. The number of aliphatic hydroxyl groups excluding tert-OH is 2. The molecule has 0 aromatic carbocycles. The molecule has 122 valence electrons. The second-order valence-corrected chi connectivity index (χ2v) is 5.54. The highest BCUT2D eigenvalue weighted by Crippen LogP contribution is 2.38. The number of nitrogen functional groups attached to an aromatic ring is 1. The van der Waals surface area contributed by atoms with Crippen molar-refractivity contribution >= 4 is 17.1 Å². The number of rotatable bonds is 2. The highest BCUT2D eigenvalue weighted by Gasteiger charge is 2.55. The van der Waals surface area contributed by atoms with Crippen molar-refractivity contribution in [3.63, 3.8) is 0 Å². The average Bonchev–Trinajstić information content (AvgIpc) is 3.00. The highest BCUT2D eigenvalue weighted by molar-refractivity contribution is 5.70. The van der Waals surface area contributed by atoms with E-state index in [4.69, 9.17) is 16.2 Å². The van der Waals surface area contributed by atoms with Crippen molar-refractivity contribution in [3.8, 4) is 11.8 Å². The van der Waals surface area contributed by atoms with E-state index >= 15 is 0 Å². The molecule has 1 fully saturated rings. The average molecular weight is 318 g/mol. The van der Waals surface area contributed by atoms with Gasteiger partial charge in [-0.05, 0) is 13.8 Å². The third-order valence-corrected chi connectivity index (χ3v) is 3.90. The molecule has 0 radical (unpaired) electrons. The molecule has 1 aliphatic heterocycles. The second kappa shape index (κ2) is 5.43. The van der Waals surface area contributed by atoms with Crippen LogP contribution in [0, 0.1) is 11.8 Å². The maximum absolute atomic E-state index is 10.5. The Morgan fingerprint density at radius 1 is 1.48 bits per heavy atom. The minimum Gasteiger partial charge on any atom is -0.391 e. The van der Waals surface area contributed by atoms with Gasteiger partial charge in [0, 0.05) is 0 Å². The monoisotopic (exact) mass is 318 g/mol. The normalized spacial score (nSPS) is 31.8. The van der Waals surface area contributed by atoms with Crippen LogP contribution in [0.3, 0.4) is 0 Å². The van der Waals surface area contributed by atoms with Crippen molar-refractivity contribution in [2.24, 2.45) is 5.73 Å². The van der Waals surface area contributed by atoms with E-state index in [1.54, 1.807) is 11.5 Å². The smallest absolute Gasteiger partial charge is 0.222 e. The van der Waals surface area contributed by atoms with E-state index in [2.05, 4.69) is 26.8 Å². The van der Waals surface area contributed by atoms with Crippen LogP contribution in [-0.2, 0) is 4.74 Å². The summed E-state index contributed by atoms with van der Waals surface area (Å²) in [6, 6.07) is 0. The third-order valence-electron chi connectivity index (χ3n) is 3.90. The van der Waals surface area contributed by atoms with Crippen LogP contribution in [0.5, 0.6) is 0 Å². The molecule has 6 N–H and O–H groups in total. The maximum atomic E-state index is 10.5. The van der Waals surface area contributed by atoms with Crippen molar-refractivity contribution in [2.75, 3.05) is 5.73 Å². The van der Waals surface area contributed by atoms with Crippen molar-refractivity contribution in [2.45, 2.75) is 43.9 Å². The molecule has 0 bridgehead atoms. The van der Waals surface area contributed by atoms with E-state index in [0.717, 1.165) is 0 Å². The molecule has 5 atom stereocenters. The molecule has 3 rings (SSSR count). The zero-order valence-corrected chi connectivity index (χ0v) is 12.7. The van der Waals surface area contributed by atoms with Crippen LogP contribution in [0.15, 0.2) is 12.5 Å². The van der Waals surface area contributed by atoms with Crippen LogP contribution in [0.2, 0.25) is 0 Å². The summed E-state index contributed by atoms with van der Waals surface area (Å²) in [4.78, 5) is 12.2. The number of hydrogen-bond donors (Lipinski definition) is 4. The molecule has 3 heterocycles. The van der Waals surface area contributed by atoms with E-state index in [-0.39, 0.29) is 5.95 Å². The van der Waals surface area contributed by atoms with Crippen LogP contribution in [0.1, 0.15) is 20.1 Å². The number of nitrogens with two attached hydrogens (primary N) is 2. The van der Waals surface area contributed by atoms with Gasteiger partial charge in [0.05, 0.1) is 18.6 Å². The molecule has 0 amide bonds. The fraction of sp³-hybridized carbons (Fsp3) is 0.500. The lowest BCUT2D eigenvalue weighted by Crippen LogP contribution is -2.54. The van der Waals surface area contributed by atoms with Crippen molar-refractivity contribution in [1.29, 1.82) is 0 Å². The van der Waals surface area contributed by atoms with Gasteiger partial charge in [-0.25, -0.2) is 9.97 Å². The van der Waals surface area contributed by atoms with Gasteiger partial charge in [0.25, 0.3) is 0 Å². The lowest BCUT2D eigenvalue weighted by molar-refractivity contribution is -0.0756. The summed E-state index contributed by atoms with van der Waals surface area (Å²) in [5, 5.41) is 20.3. The standard InChI is InChI=1S/C14H18N6O3/c1-3-4-14(16)10(22)9(7(2)21)23-12(14)20-6-18-8-5-17-13(15)19-11(8)20/h5-7,9-10,12,21-22H,16H2,1-2H3,(H2,15,17,19)/t7-,9-,10?,12-,14-/m1/s1. The fourth-order valence-corrected chi connectivity index (χ4v) is 2.79. The fourth-order valence-electron chi connectivity index (χ4n) is 2.79. The van der Waals surface area contributed by atoms with E-state index in [1.165, 1.54) is 19.4 Å². The molecule has 1 aliphatic rings. The zero-order valence-electron chi connectivity index (χ0n) is 12.7. The first-order valence-electron chi connectivity index (χ1n) is 7.08. The highest BCUT2D eigenvalue weighted by atomic mass is 16.5. The maximum Gasteiger partial charge on any atom is 0.222 e. The lowest BCUT2D eigenvalue weighted by atomic mass is 9.90. The van der Waals surface area contributed by atoms with Gasteiger partial charge >= 0.3 is 0 Å². The first-order valence-corrected chi connectivity index (χ1v) is 7.08. The Balaban J connectivity index is 2.14. The van der Waals surface area contributed by atoms with Crippen molar-refractivity contribution in [1.82, 2.24) is 19.5 Å². The molecule has 1 saturated heterocycles. The number of aromatic nitrogens is 4. The minimum absolute atomic E-state index is 0.0778. The lowest BCUT2D eigenvalue weighted by Gasteiger charge is -2.27. The summed E-state index contributed by atoms with van der Waals surface area (Å²) < 4.78 is 7.33. The summed E-state index contributed by atoms with van der Waals surface area (Å²) in [5.74, 6) is 5.57. The Morgan fingerprint density at radius 2 is 2.22 bits per heavy atom. The van der Waals surface area contributed by atoms with Gasteiger partial charge in [0.2, 0.25) is 5.95 Å². The third kappa shape index (κ3) is 2.32. The van der Waals surface area contributed by atoms with Crippen LogP contribution in [0.25, 0.3) is 11.2 Å². The van der Waals surface area contributed by atoms with Crippen LogP contribution >= 0.6 is 0 Å². The van der Waals surface area contributed by atoms with Crippen LogP contribution in [0.4, 0.5) is 5.95 Å². The number of nitrogens with zero attached hydrogens (tertiary/aromatic N) is 4. The molecule has 2 aromatic heterocycles. The number of aliphatic hydroxyl groups is 2. The molecular formula is C14H18N6O3. The first kappa shape index (κ1) is 15.6. The molecule has 9 nitrogen and oxygen atoms in total. The van der Waals surface area contributed by atoms with Gasteiger partial charge in [-0.2, -0.15) is 4.98 Å². The minimum atomic E-state index is -1.43. The largest absolute Gasteiger partial charge is 0.391 e. The number of fused-ring (bicyclic) bond motifs is 1. The van der Waals surface area contributed by atoms with Crippen molar-refractivity contribution in [3.05, 3.63) is 12.5 Å². The summed E-state index contributed by atoms with van der Waals surface area (Å²) in [5.41, 5.74) is 11.4. The second-order valence-electron chi connectivity index (χ2n) is 5.54. The molecule has 23 heavy (non-hydrogen) atoms. The van der Waals surface area contributed by atoms with E-state index in [1.807, 2.05) is 0 Å². The van der Waals surface area contributed by atoms with Crippen LogP contribution in [-0.4, -0.2) is 53.6 Å². The summed E-state index contributed by atoms with van der Waals surface area (Å²) >= 11 is 0. The Labute approximate surface area is 132 Å². The predicted molar refractivity (Wildman–Crippen MR) is 81.7 cm³/mol. The van der Waals surface area contributed by atoms with Gasteiger partial charge in [-0.1, -0.05) is 5.92 Å². The van der Waals surface area contributed by atoms with Gasteiger partial charge in [0.1, 0.15) is 17.7 Å². The number of imidazole rings is 1. The van der Waals surface area contributed by atoms with Gasteiger partial charge in [0.15, 0.2) is 17.4 Å². The molecule has 1 unspecified atom stereocenters. The van der Waals surface area contributed by atoms with Crippen LogP contribution < -0.4 is 11.5 Å². The van der Waals surface area contributed by atoms with Gasteiger partial charge < -0.3 is 26.4 Å². The molecule has 2 aromatic rings.